The van der Waals surface area contributed by atoms with E-state index in [1.807, 2.05) is 36.4 Å². The van der Waals surface area contributed by atoms with Gasteiger partial charge in [0.05, 0.1) is 5.69 Å². The highest BCUT2D eigenvalue weighted by Gasteiger charge is 2.27. The molecule has 1 N–H and O–H groups in total. The average Bonchev–Trinajstić information content (AvgIpc) is 2.97. The van der Waals surface area contributed by atoms with Gasteiger partial charge in [0.15, 0.2) is 0 Å². The van der Waals surface area contributed by atoms with Gasteiger partial charge in [-0.25, -0.2) is 4.79 Å². The molecule has 1 saturated heterocycles. The first-order valence-electron chi connectivity index (χ1n) is 8.43. The minimum absolute atomic E-state index is 0.284. The molecular weight excluding hydrogens is 300 g/mol. The molecule has 2 aromatic carbocycles. The monoisotopic (exact) mass is 324 g/mol. The number of hydrogen-bond donors (Lipinski definition) is 1. The van der Waals surface area contributed by atoms with Crippen molar-refractivity contribution in [3.8, 4) is 11.1 Å². The molecule has 0 radical (unpaired) electrons. The van der Waals surface area contributed by atoms with E-state index in [1.165, 1.54) is 10.5 Å². The number of carboxylic acid groups (broad SMARTS) is 1. The molecule has 1 atom stereocenters. The molecule has 24 heavy (non-hydrogen) atoms. The lowest BCUT2D eigenvalue weighted by molar-refractivity contribution is 0.198. The summed E-state index contributed by atoms with van der Waals surface area (Å²) in [6.07, 6.45) is 1.29. The third kappa shape index (κ3) is 3.44. The Bertz CT molecular complexity index is 729. The van der Waals surface area contributed by atoms with Gasteiger partial charge in [0.1, 0.15) is 0 Å². The quantitative estimate of drug-likeness (QED) is 0.915. The van der Waals surface area contributed by atoms with Crippen LogP contribution in [0.5, 0.6) is 0 Å². The Morgan fingerprint density at radius 3 is 2.71 bits per heavy atom. The Morgan fingerprint density at radius 2 is 2.04 bits per heavy atom. The summed E-state index contributed by atoms with van der Waals surface area (Å²) in [5.41, 5.74) is 3.94. The van der Waals surface area contributed by atoms with E-state index < -0.39 is 6.09 Å². The van der Waals surface area contributed by atoms with E-state index >= 15 is 0 Å². The van der Waals surface area contributed by atoms with Crippen LogP contribution in [0.4, 0.5) is 10.5 Å². The second-order valence-corrected chi connectivity index (χ2v) is 6.56. The summed E-state index contributed by atoms with van der Waals surface area (Å²) in [6, 6.07) is 16.2. The Balaban J connectivity index is 1.98. The molecule has 1 amide bonds. The van der Waals surface area contributed by atoms with Crippen molar-refractivity contribution in [1.29, 1.82) is 0 Å². The van der Waals surface area contributed by atoms with Gasteiger partial charge in [0.25, 0.3) is 0 Å². The SMILES string of the molecule is Cc1cccc(-c2ccccc2N(C[C@@H]2CCCN2C)C(=O)O)c1. The van der Waals surface area contributed by atoms with E-state index in [-0.39, 0.29) is 6.04 Å². The molecule has 126 valence electrons. The highest BCUT2D eigenvalue weighted by Crippen LogP contribution is 2.32. The standard InChI is InChI=1S/C20H24N2O2/c1-15-7-5-8-16(13-15)18-10-3-4-11-19(18)22(20(23)24)14-17-9-6-12-21(17)2/h3-5,7-8,10-11,13,17H,6,9,12,14H2,1-2H3,(H,23,24)/t17-/m0/s1. The first-order chi connectivity index (χ1) is 11.6. The van der Waals surface area contributed by atoms with Gasteiger partial charge in [-0.05, 0) is 45.0 Å². The van der Waals surface area contributed by atoms with Gasteiger partial charge in [0.2, 0.25) is 0 Å². The number of rotatable bonds is 4. The van der Waals surface area contributed by atoms with Gasteiger partial charge in [-0.1, -0.05) is 48.0 Å². The van der Waals surface area contributed by atoms with E-state index in [0.29, 0.717) is 6.54 Å². The molecule has 0 spiro atoms. The van der Waals surface area contributed by atoms with Crippen LogP contribution in [0.2, 0.25) is 0 Å². The van der Waals surface area contributed by atoms with E-state index in [0.717, 1.165) is 36.2 Å². The van der Waals surface area contributed by atoms with Crippen molar-refractivity contribution in [1.82, 2.24) is 4.90 Å². The number of aryl methyl sites for hydroxylation is 1. The maximum absolute atomic E-state index is 12.0. The van der Waals surface area contributed by atoms with Crippen molar-refractivity contribution < 1.29 is 9.90 Å². The van der Waals surface area contributed by atoms with Crippen LogP contribution in [0.3, 0.4) is 0 Å². The highest BCUT2D eigenvalue weighted by atomic mass is 16.4. The fourth-order valence-electron chi connectivity index (χ4n) is 3.47. The first-order valence-corrected chi connectivity index (χ1v) is 8.43. The van der Waals surface area contributed by atoms with Crippen LogP contribution in [0, 0.1) is 6.92 Å². The Labute approximate surface area is 143 Å². The topological polar surface area (TPSA) is 43.8 Å². The molecule has 2 aromatic rings. The second-order valence-electron chi connectivity index (χ2n) is 6.56. The summed E-state index contributed by atoms with van der Waals surface area (Å²) in [5.74, 6) is 0. The fraction of sp³-hybridized carbons (Fsp3) is 0.350. The maximum atomic E-state index is 12.0. The second kappa shape index (κ2) is 7.05. The van der Waals surface area contributed by atoms with E-state index in [2.05, 4.69) is 31.0 Å². The van der Waals surface area contributed by atoms with Crippen LogP contribution in [-0.2, 0) is 0 Å². The molecule has 0 aromatic heterocycles. The molecule has 4 nitrogen and oxygen atoms in total. The summed E-state index contributed by atoms with van der Waals surface area (Å²) < 4.78 is 0. The lowest BCUT2D eigenvalue weighted by Crippen LogP contribution is -2.41. The zero-order valence-corrected chi connectivity index (χ0v) is 14.3. The van der Waals surface area contributed by atoms with Gasteiger partial charge in [-0.15, -0.1) is 0 Å². The molecule has 0 bridgehead atoms. The normalized spacial score (nSPS) is 17.8. The maximum Gasteiger partial charge on any atom is 0.411 e. The molecule has 1 heterocycles. The minimum Gasteiger partial charge on any atom is -0.465 e. The Hall–Kier alpha value is -2.33. The van der Waals surface area contributed by atoms with Crippen LogP contribution in [0.15, 0.2) is 48.5 Å². The number of carbonyl (C=O) groups is 1. The van der Waals surface area contributed by atoms with Gasteiger partial charge in [-0.2, -0.15) is 0 Å². The molecule has 1 aliphatic rings. The highest BCUT2D eigenvalue weighted by molar-refractivity contribution is 5.93. The largest absolute Gasteiger partial charge is 0.465 e. The summed E-state index contributed by atoms with van der Waals surface area (Å²) in [7, 11) is 2.07. The summed E-state index contributed by atoms with van der Waals surface area (Å²) in [6.45, 7) is 3.60. The van der Waals surface area contributed by atoms with Crippen molar-refractivity contribution in [2.45, 2.75) is 25.8 Å². The van der Waals surface area contributed by atoms with E-state index in [4.69, 9.17) is 0 Å². The van der Waals surface area contributed by atoms with Crippen molar-refractivity contribution in [2.24, 2.45) is 0 Å². The number of hydrogen-bond acceptors (Lipinski definition) is 2. The number of likely N-dealkylation sites (N-methyl/N-ethyl adjacent to an activating group) is 1. The number of likely N-dealkylation sites (tertiary alicyclic amines) is 1. The average molecular weight is 324 g/mol. The lowest BCUT2D eigenvalue weighted by atomic mass is 10.0. The number of anilines is 1. The van der Waals surface area contributed by atoms with Gasteiger partial charge in [-0.3, -0.25) is 4.90 Å². The van der Waals surface area contributed by atoms with Crippen LogP contribution < -0.4 is 4.90 Å². The summed E-state index contributed by atoms with van der Waals surface area (Å²) in [4.78, 5) is 15.7. The lowest BCUT2D eigenvalue weighted by Gasteiger charge is -2.28. The molecule has 0 aliphatic carbocycles. The molecule has 4 heteroatoms. The first kappa shape index (κ1) is 16.5. The Morgan fingerprint density at radius 1 is 1.25 bits per heavy atom. The predicted molar refractivity (Wildman–Crippen MR) is 97.6 cm³/mol. The van der Waals surface area contributed by atoms with Crippen molar-refractivity contribution >= 4 is 11.8 Å². The van der Waals surface area contributed by atoms with Crippen LogP contribution in [-0.4, -0.2) is 42.3 Å². The summed E-state index contributed by atoms with van der Waals surface area (Å²) >= 11 is 0. The van der Waals surface area contributed by atoms with Gasteiger partial charge in [0, 0.05) is 18.2 Å². The zero-order chi connectivity index (χ0) is 17.1. The molecule has 0 saturated carbocycles. The fourth-order valence-corrected chi connectivity index (χ4v) is 3.47. The van der Waals surface area contributed by atoms with E-state index in [1.54, 1.807) is 0 Å². The van der Waals surface area contributed by atoms with E-state index in [9.17, 15) is 9.90 Å². The Kier molecular flexibility index (Phi) is 4.86. The predicted octanol–water partition coefficient (Wildman–Crippen LogP) is 4.24. The van der Waals surface area contributed by atoms with Crippen LogP contribution in [0.25, 0.3) is 11.1 Å². The van der Waals surface area contributed by atoms with Crippen LogP contribution in [0.1, 0.15) is 18.4 Å². The number of amides is 1. The molecular formula is C20H24N2O2. The number of benzene rings is 2. The smallest absolute Gasteiger partial charge is 0.411 e. The molecule has 0 unspecified atom stereocenters. The minimum atomic E-state index is -0.893. The zero-order valence-electron chi connectivity index (χ0n) is 14.3. The summed E-state index contributed by atoms with van der Waals surface area (Å²) in [5, 5.41) is 9.81. The molecule has 1 aliphatic heterocycles. The van der Waals surface area contributed by atoms with Crippen molar-refractivity contribution in [3.05, 3.63) is 54.1 Å². The number of para-hydroxylation sites is 1. The number of nitrogens with zero attached hydrogens (tertiary/aromatic N) is 2. The van der Waals surface area contributed by atoms with Crippen LogP contribution >= 0.6 is 0 Å². The van der Waals surface area contributed by atoms with Crippen molar-refractivity contribution in [2.75, 3.05) is 25.0 Å². The van der Waals surface area contributed by atoms with Gasteiger partial charge < -0.3 is 10.0 Å². The molecule has 1 fully saturated rings. The van der Waals surface area contributed by atoms with Gasteiger partial charge >= 0.3 is 6.09 Å². The third-order valence-corrected chi connectivity index (χ3v) is 4.82. The molecule has 3 rings (SSSR count). The third-order valence-electron chi connectivity index (χ3n) is 4.82. The van der Waals surface area contributed by atoms with Crippen molar-refractivity contribution in [3.63, 3.8) is 0 Å².